The Balaban J connectivity index is 1.30. The van der Waals surface area contributed by atoms with Crippen molar-refractivity contribution < 1.29 is 45.7 Å². The number of rotatable bonds is 12. The zero-order chi connectivity index (χ0) is 35.7. The lowest BCUT2D eigenvalue weighted by atomic mass is 10.0. The Hall–Kier alpha value is -3.37. The number of alkyl halides is 2. The van der Waals surface area contributed by atoms with E-state index in [0.29, 0.717) is 46.7 Å². The Labute approximate surface area is 302 Å². The molecule has 268 valence electrons. The Kier molecular flexibility index (Phi) is 11.0. The van der Waals surface area contributed by atoms with Crippen LogP contribution in [0.3, 0.4) is 0 Å². The summed E-state index contributed by atoms with van der Waals surface area (Å²) < 4.78 is 72.5. The van der Waals surface area contributed by atoms with Crippen molar-refractivity contribution in [3.05, 3.63) is 80.7 Å². The van der Waals surface area contributed by atoms with Gasteiger partial charge < -0.3 is 24.3 Å². The summed E-state index contributed by atoms with van der Waals surface area (Å²) in [7, 11) is -4.19. The number of esters is 1. The van der Waals surface area contributed by atoms with Crippen LogP contribution in [0.5, 0.6) is 11.5 Å². The number of thioether (sulfide) groups is 1. The molecule has 3 heterocycles. The topological polar surface area (TPSA) is 129 Å². The van der Waals surface area contributed by atoms with E-state index in [-0.39, 0.29) is 63.4 Å². The predicted molar refractivity (Wildman–Crippen MR) is 182 cm³/mol. The van der Waals surface area contributed by atoms with E-state index >= 15 is 0 Å². The second kappa shape index (κ2) is 15.1. The lowest BCUT2D eigenvalue weighted by molar-refractivity contribution is -0.605. The molecular weight excluding hydrogens is 739 g/mol. The largest absolute Gasteiger partial charge is 0.619 e. The van der Waals surface area contributed by atoms with E-state index in [1.165, 1.54) is 31.2 Å². The van der Waals surface area contributed by atoms with Gasteiger partial charge >= 0.3 is 12.6 Å². The molecule has 1 aliphatic carbocycles. The van der Waals surface area contributed by atoms with Gasteiger partial charge in [0, 0.05) is 43.4 Å². The highest BCUT2D eigenvalue weighted by Gasteiger charge is 2.43. The molecule has 0 N–H and O–H groups in total. The summed E-state index contributed by atoms with van der Waals surface area (Å²) in [5, 5.41) is 10.7. The molecule has 0 unspecified atom stereocenters. The van der Waals surface area contributed by atoms with E-state index in [1.54, 1.807) is 17.0 Å². The number of hydrogen-bond donors (Lipinski definition) is 0. The number of carbonyl (C=O) groups is 2. The standard InChI is InChI=1S/C33H33Cl2F2N3O8S2/c1-19(41)39-10-2-3-21-13-23(7-8-27(21)39)50(44,45)40-11-12-49-31(40)32(42)47-29(15-24-25(34)16-38(43)17-26(24)35)22-6-9-28(48-33(36)37)30(14-22)46-18-20-4-5-20/h6-9,13-14,16-17,20,29,31,33H,2-5,10-12,15,18H2,1H3/t29-,31-/m0/s1. The molecule has 1 amide bonds. The lowest BCUT2D eigenvalue weighted by Gasteiger charge is -2.29. The number of aryl methyl sites for hydroxylation is 1. The van der Waals surface area contributed by atoms with Crippen molar-refractivity contribution in [3.8, 4) is 11.5 Å². The lowest BCUT2D eigenvalue weighted by Crippen LogP contribution is -2.41. The minimum atomic E-state index is -4.19. The van der Waals surface area contributed by atoms with Crippen LogP contribution in [0, 0.1) is 11.1 Å². The third kappa shape index (κ3) is 8.07. The van der Waals surface area contributed by atoms with Gasteiger partial charge in [-0.3, -0.25) is 4.79 Å². The van der Waals surface area contributed by atoms with Gasteiger partial charge in [0.05, 0.1) is 11.5 Å². The highest BCUT2D eigenvalue weighted by atomic mass is 35.5. The molecular formula is C33H33Cl2F2N3O8S2. The van der Waals surface area contributed by atoms with Crippen molar-refractivity contribution >= 4 is 62.6 Å². The summed E-state index contributed by atoms with van der Waals surface area (Å²) in [6.07, 6.45) is 4.00. The molecule has 17 heteroatoms. The van der Waals surface area contributed by atoms with Crippen molar-refractivity contribution in [1.82, 2.24) is 4.31 Å². The normalized spacial score (nSPS) is 18.5. The van der Waals surface area contributed by atoms with E-state index in [0.717, 1.165) is 41.3 Å². The first-order chi connectivity index (χ1) is 23.8. The van der Waals surface area contributed by atoms with E-state index in [2.05, 4.69) is 4.74 Å². The highest BCUT2D eigenvalue weighted by molar-refractivity contribution is 8.02. The average molecular weight is 773 g/mol. The van der Waals surface area contributed by atoms with Gasteiger partial charge in [-0.25, -0.2) is 13.2 Å². The first kappa shape index (κ1) is 36.4. The zero-order valence-corrected chi connectivity index (χ0v) is 29.9. The van der Waals surface area contributed by atoms with Gasteiger partial charge in [-0.15, -0.1) is 11.8 Å². The van der Waals surface area contributed by atoms with Crippen LogP contribution < -0.4 is 19.1 Å². The van der Waals surface area contributed by atoms with E-state index in [1.807, 2.05) is 0 Å². The molecule has 11 nitrogen and oxygen atoms in total. The Morgan fingerprint density at radius 2 is 1.82 bits per heavy atom. The van der Waals surface area contributed by atoms with Gasteiger partial charge in [0.15, 0.2) is 29.3 Å². The number of fused-ring (bicyclic) bond motifs is 1. The van der Waals surface area contributed by atoms with Gasteiger partial charge in [0.2, 0.25) is 15.9 Å². The summed E-state index contributed by atoms with van der Waals surface area (Å²) in [6.45, 7) is -0.813. The van der Waals surface area contributed by atoms with Crippen molar-refractivity contribution in [1.29, 1.82) is 0 Å². The van der Waals surface area contributed by atoms with Crippen LogP contribution in [-0.4, -0.2) is 62.0 Å². The quantitative estimate of drug-likeness (QED) is 0.125. The third-order valence-electron chi connectivity index (χ3n) is 8.64. The van der Waals surface area contributed by atoms with Gasteiger partial charge in [-0.2, -0.15) is 17.8 Å². The molecule has 1 saturated carbocycles. The Morgan fingerprint density at radius 3 is 2.50 bits per heavy atom. The number of nitrogens with zero attached hydrogens (tertiary/aromatic N) is 3. The molecule has 2 atom stereocenters. The van der Waals surface area contributed by atoms with Crippen LogP contribution in [0.1, 0.15) is 49.0 Å². The van der Waals surface area contributed by atoms with E-state index in [4.69, 9.17) is 32.7 Å². The van der Waals surface area contributed by atoms with E-state index in [9.17, 15) is 32.0 Å². The fourth-order valence-electron chi connectivity index (χ4n) is 5.94. The maximum Gasteiger partial charge on any atom is 0.387 e. The Morgan fingerprint density at radius 1 is 1.08 bits per heavy atom. The number of aromatic nitrogens is 1. The molecule has 6 rings (SSSR count). The van der Waals surface area contributed by atoms with E-state index < -0.39 is 34.1 Å². The SMILES string of the molecule is CC(=O)N1CCCc2cc(S(=O)(=O)N3CCS[C@H]3C(=O)O[C@@H](Cc3c(Cl)c[n+]([O-])cc3Cl)c3ccc(OC(F)F)c(OCC4CC4)c3)ccc21. The summed E-state index contributed by atoms with van der Waals surface area (Å²) in [5.74, 6) is -0.629. The van der Waals surface area contributed by atoms with Crippen LogP contribution in [0.2, 0.25) is 10.0 Å². The fourth-order valence-corrected chi connectivity index (χ4v) is 9.64. The second-order valence-electron chi connectivity index (χ2n) is 12.2. The average Bonchev–Trinajstić information content (AvgIpc) is 3.76. The monoisotopic (exact) mass is 771 g/mol. The molecule has 3 aromatic rings. The molecule has 0 bridgehead atoms. The number of pyridine rings is 1. The van der Waals surface area contributed by atoms with Gasteiger partial charge in [-0.05, 0) is 73.1 Å². The number of ether oxygens (including phenoxy) is 3. The summed E-state index contributed by atoms with van der Waals surface area (Å²) in [5.41, 5.74) is 1.94. The second-order valence-corrected chi connectivity index (χ2v) is 16.1. The minimum absolute atomic E-state index is 0.00777. The molecule has 0 radical (unpaired) electrons. The first-order valence-corrected chi connectivity index (χ1v) is 19.1. The Bertz CT molecular complexity index is 1880. The summed E-state index contributed by atoms with van der Waals surface area (Å²) in [4.78, 5) is 27.7. The van der Waals surface area contributed by atoms with Crippen LogP contribution in [-0.2, 0) is 37.2 Å². The molecule has 2 aliphatic heterocycles. The molecule has 3 aliphatic rings. The maximum atomic E-state index is 14.0. The number of anilines is 1. The number of halogens is 4. The molecule has 0 spiro atoms. The van der Waals surface area contributed by atoms with Gasteiger partial charge in [-0.1, -0.05) is 29.3 Å². The number of carbonyl (C=O) groups excluding carboxylic acids is 2. The van der Waals surface area contributed by atoms with Crippen molar-refractivity contribution in [2.24, 2.45) is 5.92 Å². The van der Waals surface area contributed by atoms with Crippen LogP contribution in [0.15, 0.2) is 53.7 Å². The van der Waals surface area contributed by atoms with Gasteiger partial charge in [0.25, 0.3) is 0 Å². The molecule has 2 aromatic carbocycles. The summed E-state index contributed by atoms with van der Waals surface area (Å²) in [6, 6.07) is 8.70. The first-order valence-electron chi connectivity index (χ1n) is 15.8. The maximum absolute atomic E-state index is 14.0. The minimum Gasteiger partial charge on any atom is -0.619 e. The van der Waals surface area contributed by atoms with Crippen molar-refractivity contribution in [3.63, 3.8) is 0 Å². The van der Waals surface area contributed by atoms with Crippen molar-refractivity contribution in [2.75, 3.05) is 30.3 Å². The third-order valence-corrected chi connectivity index (χ3v) is 12.5. The molecule has 1 aromatic heterocycles. The van der Waals surface area contributed by atoms with Gasteiger partial charge in [0.1, 0.15) is 16.1 Å². The highest BCUT2D eigenvalue weighted by Crippen LogP contribution is 2.40. The smallest absolute Gasteiger partial charge is 0.387 e. The van der Waals surface area contributed by atoms with Crippen LogP contribution in [0.25, 0.3) is 0 Å². The molecule has 2 fully saturated rings. The summed E-state index contributed by atoms with van der Waals surface area (Å²) >= 11 is 13.8. The molecule has 1 saturated heterocycles. The number of benzene rings is 2. The van der Waals surface area contributed by atoms with Crippen LogP contribution >= 0.6 is 35.0 Å². The molecule has 50 heavy (non-hydrogen) atoms. The van der Waals surface area contributed by atoms with Crippen molar-refractivity contribution in [2.45, 2.75) is 62.0 Å². The predicted octanol–water partition coefficient (Wildman–Crippen LogP) is 5.91. The number of hydrogen-bond acceptors (Lipinski definition) is 9. The number of amides is 1. The van der Waals surface area contributed by atoms with Crippen LogP contribution in [0.4, 0.5) is 14.5 Å². The number of sulfonamides is 1. The fraction of sp³-hybridized carbons (Fsp3) is 0.424. The zero-order valence-electron chi connectivity index (χ0n) is 26.7.